The molecule has 4 rings (SSSR count). The fourth-order valence-electron chi connectivity index (χ4n) is 3.63. The van der Waals surface area contributed by atoms with Crippen LogP contribution in [-0.4, -0.2) is 40.5 Å². The van der Waals surface area contributed by atoms with E-state index in [1.54, 1.807) is 17.4 Å². The topological polar surface area (TPSA) is 62.3 Å². The number of carbonyl (C=O) groups is 2. The molecular formula is C24H24ClN3O2S2. The fourth-order valence-corrected chi connectivity index (χ4v) is 5.60. The van der Waals surface area contributed by atoms with E-state index in [-0.39, 0.29) is 11.8 Å². The second kappa shape index (κ2) is 10.5. The Morgan fingerprint density at radius 3 is 2.59 bits per heavy atom. The zero-order chi connectivity index (χ0) is 22.5. The number of aromatic nitrogens is 1. The lowest BCUT2D eigenvalue weighted by atomic mass is 10.1. The molecule has 3 aromatic rings. The maximum absolute atomic E-state index is 12.9. The van der Waals surface area contributed by atoms with E-state index in [0.29, 0.717) is 22.9 Å². The summed E-state index contributed by atoms with van der Waals surface area (Å²) in [5.41, 5.74) is 2.50. The number of benzene rings is 2. The van der Waals surface area contributed by atoms with Crippen LogP contribution in [0, 0.1) is 6.92 Å². The van der Waals surface area contributed by atoms with Gasteiger partial charge in [-0.2, -0.15) is 0 Å². The normalized spacial score (nSPS) is 13.4. The van der Waals surface area contributed by atoms with E-state index in [1.807, 2.05) is 54.3 Å². The molecule has 2 aromatic carbocycles. The number of nitrogens with one attached hydrogen (secondary N) is 1. The SMILES string of the molecule is Cc1sc(CNC(=O)c2ccccc2SCC(=O)N2CCCC2)nc1-c1ccc(Cl)cc1. The molecule has 0 atom stereocenters. The van der Waals surface area contributed by atoms with Crippen LogP contribution in [-0.2, 0) is 11.3 Å². The van der Waals surface area contributed by atoms with Gasteiger partial charge in [-0.1, -0.05) is 35.9 Å². The first kappa shape index (κ1) is 22.8. The van der Waals surface area contributed by atoms with Gasteiger partial charge in [-0.25, -0.2) is 4.98 Å². The molecule has 1 saturated heterocycles. The molecule has 0 bridgehead atoms. The summed E-state index contributed by atoms with van der Waals surface area (Å²) >= 11 is 8.97. The molecule has 0 aliphatic carbocycles. The second-order valence-electron chi connectivity index (χ2n) is 7.57. The minimum atomic E-state index is -0.164. The molecule has 0 radical (unpaired) electrons. The van der Waals surface area contributed by atoms with Crippen molar-refractivity contribution in [3.63, 3.8) is 0 Å². The molecule has 1 aromatic heterocycles. The Morgan fingerprint density at radius 2 is 1.84 bits per heavy atom. The summed E-state index contributed by atoms with van der Waals surface area (Å²) in [6.07, 6.45) is 2.15. The van der Waals surface area contributed by atoms with Crippen LogP contribution >= 0.6 is 34.7 Å². The maximum Gasteiger partial charge on any atom is 0.252 e. The van der Waals surface area contributed by atoms with Crippen LogP contribution in [0.5, 0.6) is 0 Å². The van der Waals surface area contributed by atoms with Crippen LogP contribution in [0.1, 0.15) is 33.1 Å². The smallest absolute Gasteiger partial charge is 0.252 e. The highest BCUT2D eigenvalue weighted by atomic mass is 35.5. The first-order valence-corrected chi connectivity index (χ1v) is 12.7. The number of carbonyl (C=O) groups excluding carboxylic acids is 2. The molecule has 2 amide bonds. The van der Waals surface area contributed by atoms with E-state index in [9.17, 15) is 9.59 Å². The number of hydrogen-bond acceptors (Lipinski definition) is 5. The summed E-state index contributed by atoms with van der Waals surface area (Å²) in [6, 6.07) is 15.0. The predicted molar refractivity (Wildman–Crippen MR) is 131 cm³/mol. The Labute approximate surface area is 201 Å². The van der Waals surface area contributed by atoms with Gasteiger partial charge in [-0.05, 0) is 44.0 Å². The van der Waals surface area contributed by atoms with E-state index in [1.165, 1.54) is 11.8 Å². The summed E-state index contributed by atoms with van der Waals surface area (Å²) in [5.74, 6) is 0.318. The standard InChI is InChI=1S/C24H24ClN3O2S2/c1-16-23(17-8-10-18(25)11-9-17)27-21(32-16)14-26-24(30)19-6-2-3-7-20(19)31-15-22(29)28-12-4-5-13-28/h2-3,6-11H,4-5,12-15H2,1H3,(H,26,30). The van der Waals surface area contributed by atoms with Crippen molar-refractivity contribution in [2.45, 2.75) is 31.2 Å². The lowest BCUT2D eigenvalue weighted by molar-refractivity contribution is -0.127. The minimum absolute atomic E-state index is 0.135. The number of amides is 2. The van der Waals surface area contributed by atoms with Crippen molar-refractivity contribution >= 4 is 46.5 Å². The molecule has 166 valence electrons. The fraction of sp³-hybridized carbons (Fsp3) is 0.292. The van der Waals surface area contributed by atoms with Crippen molar-refractivity contribution in [3.05, 3.63) is 69.0 Å². The maximum atomic E-state index is 12.9. The van der Waals surface area contributed by atoms with E-state index in [0.717, 1.165) is 52.0 Å². The molecule has 1 aliphatic rings. The van der Waals surface area contributed by atoms with E-state index in [2.05, 4.69) is 5.32 Å². The number of thioether (sulfide) groups is 1. The highest BCUT2D eigenvalue weighted by Crippen LogP contribution is 2.29. The van der Waals surface area contributed by atoms with Crippen LogP contribution in [0.2, 0.25) is 5.02 Å². The van der Waals surface area contributed by atoms with Crippen LogP contribution in [0.15, 0.2) is 53.4 Å². The van der Waals surface area contributed by atoms with Crippen LogP contribution in [0.3, 0.4) is 0 Å². The van der Waals surface area contributed by atoms with Gasteiger partial charge < -0.3 is 10.2 Å². The molecule has 0 spiro atoms. The van der Waals surface area contributed by atoms with E-state index >= 15 is 0 Å². The Balaban J connectivity index is 1.39. The second-order valence-corrected chi connectivity index (χ2v) is 10.3. The zero-order valence-corrected chi connectivity index (χ0v) is 20.2. The number of thiazole rings is 1. The largest absolute Gasteiger partial charge is 0.345 e. The highest BCUT2D eigenvalue weighted by molar-refractivity contribution is 8.00. The van der Waals surface area contributed by atoms with E-state index < -0.39 is 0 Å². The van der Waals surface area contributed by atoms with Gasteiger partial charge in [0.2, 0.25) is 5.91 Å². The average molecular weight is 486 g/mol. The number of nitrogens with zero attached hydrogens (tertiary/aromatic N) is 2. The van der Waals surface area contributed by atoms with Gasteiger partial charge in [0.25, 0.3) is 5.91 Å². The van der Waals surface area contributed by atoms with Gasteiger partial charge in [-0.15, -0.1) is 23.1 Å². The van der Waals surface area contributed by atoms with Crippen LogP contribution in [0.4, 0.5) is 0 Å². The summed E-state index contributed by atoms with van der Waals surface area (Å²) in [6.45, 7) is 4.05. The Bertz CT molecular complexity index is 1110. The molecule has 1 N–H and O–H groups in total. The predicted octanol–water partition coefficient (Wildman–Crippen LogP) is 5.42. The monoisotopic (exact) mass is 485 g/mol. The lowest BCUT2D eigenvalue weighted by Gasteiger charge is -2.15. The quantitative estimate of drug-likeness (QED) is 0.454. The van der Waals surface area contributed by atoms with Crippen molar-refractivity contribution in [2.75, 3.05) is 18.8 Å². The van der Waals surface area contributed by atoms with Crippen molar-refractivity contribution in [1.29, 1.82) is 0 Å². The summed E-state index contributed by atoms with van der Waals surface area (Å²) in [7, 11) is 0. The zero-order valence-electron chi connectivity index (χ0n) is 17.8. The van der Waals surface area contributed by atoms with Gasteiger partial charge >= 0.3 is 0 Å². The Hall–Kier alpha value is -2.35. The summed E-state index contributed by atoms with van der Waals surface area (Å²) in [5, 5.41) is 4.51. The molecule has 32 heavy (non-hydrogen) atoms. The van der Waals surface area contributed by atoms with E-state index in [4.69, 9.17) is 16.6 Å². The molecule has 1 aliphatic heterocycles. The molecule has 2 heterocycles. The lowest BCUT2D eigenvalue weighted by Crippen LogP contribution is -2.29. The third-order valence-corrected chi connectivity index (χ3v) is 7.58. The number of aryl methyl sites for hydroxylation is 1. The van der Waals surface area contributed by atoms with Gasteiger partial charge in [0.1, 0.15) is 5.01 Å². The highest BCUT2D eigenvalue weighted by Gasteiger charge is 2.19. The number of likely N-dealkylation sites (tertiary alicyclic amines) is 1. The molecule has 5 nitrogen and oxygen atoms in total. The Morgan fingerprint density at radius 1 is 1.12 bits per heavy atom. The first-order valence-electron chi connectivity index (χ1n) is 10.5. The van der Waals surface area contributed by atoms with Crippen LogP contribution in [0.25, 0.3) is 11.3 Å². The summed E-state index contributed by atoms with van der Waals surface area (Å²) < 4.78 is 0. The average Bonchev–Trinajstić information content (AvgIpc) is 3.47. The molecule has 0 saturated carbocycles. The van der Waals surface area contributed by atoms with Crippen molar-refractivity contribution < 1.29 is 9.59 Å². The van der Waals surface area contributed by atoms with Gasteiger partial charge in [0.15, 0.2) is 0 Å². The van der Waals surface area contributed by atoms with Gasteiger partial charge in [-0.3, -0.25) is 9.59 Å². The first-order chi connectivity index (χ1) is 15.5. The van der Waals surface area contributed by atoms with Crippen LogP contribution < -0.4 is 5.32 Å². The number of halogens is 1. The third kappa shape index (κ3) is 5.52. The van der Waals surface area contributed by atoms with Gasteiger partial charge in [0, 0.05) is 33.4 Å². The molecule has 1 fully saturated rings. The number of hydrogen-bond donors (Lipinski definition) is 1. The van der Waals surface area contributed by atoms with Crippen molar-refractivity contribution in [2.24, 2.45) is 0 Å². The molecule has 8 heteroatoms. The van der Waals surface area contributed by atoms with Gasteiger partial charge in [0.05, 0.1) is 23.6 Å². The molecule has 0 unspecified atom stereocenters. The minimum Gasteiger partial charge on any atom is -0.345 e. The van der Waals surface area contributed by atoms with Crippen molar-refractivity contribution in [3.8, 4) is 11.3 Å². The third-order valence-electron chi connectivity index (χ3n) is 5.30. The number of rotatable bonds is 7. The molecular weight excluding hydrogens is 462 g/mol. The van der Waals surface area contributed by atoms with Crippen molar-refractivity contribution in [1.82, 2.24) is 15.2 Å². The summed E-state index contributed by atoms with van der Waals surface area (Å²) in [4.78, 5) is 33.8. The Kier molecular flexibility index (Phi) is 7.50.